The number of carbonyl (C=O) groups is 1. The number of anilines is 1. The van der Waals surface area contributed by atoms with E-state index in [1.54, 1.807) is 0 Å². The fourth-order valence-electron chi connectivity index (χ4n) is 4.43. The average molecular weight is 448 g/mol. The summed E-state index contributed by atoms with van der Waals surface area (Å²) in [6.07, 6.45) is 1.41. The minimum absolute atomic E-state index is 0.0440. The molecule has 0 bridgehead atoms. The SMILES string of the molecule is CC1(C)CC(=O)C2=C(C1)Nc1cc(-c3ccccc3)nn1[C@H]2c1ccc(Br)cc1. The van der Waals surface area contributed by atoms with Crippen LogP contribution in [0.15, 0.2) is 76.4 Å². The van der Waals surface area contributed by atoms with E-state index in [-0.39, 0.29) is 17.2 Å². The molecular weight excluding hydrogens is 426 g/mol. The fraction of sp³-hybridized carbons (Fsp3) is 0.250. The van der Waals surface area contributed by atoms with Gasteiger partial charge < -0.3 is 5.32 Å². The van der Waals surface area contributed by atoms with Crippen LogP contribution in [-0.4, -0.2) is 15.6 Å². The maximum atomic E-state index is 13.2. The number of ketones is 1. The van der Waals surface area contributed by atoms with Crippen molar-refractivity contribution in [2.24, 2.45) is 5.41 Å². The highest BCUT2D eigenvalue weighted by atomic mass is 79.9. The molecule has 0 amide bonds. The molecule has 0 unspecified atom stereocenters. The number of benzene rings is 2. The van der Waals surface area contributed by atoms with E-state index in [0.717, 1.165) is 44.8 Å². The van der Waals surface area contributed by atoms with E-state index in [0.29, 0.717) is 6.42 Å². The van der Waals surface area contributed by atoms with Crippen LogP contribution in [0, 0.1) is 5.41 Å². The highest BCUT2D eigenvalue weighted by Gasteiger charge is 2.41. The van der Waals surface area contributed by atoms with Crippen LogP contribution in [0.3, 0.4) is 0 Å². The summed E-state index contributed by atoms with van der Waals surface area (Å²) in [6, 6.07) is 20.2. The third-order valence-corrected chi connectivity index (χ3v) is 6.24. The predicted octanol–water partition coefficient (Wildman–Crippen LogP) is 5.97. The summed E-state index contributed by atoms with van der Waals surface area (Å²) in [5.41, 5.74) is 4.88. The molecule has 1 aliphatic carbocycles. The zero-order chi connectivity index (χ0) is 20.2. The second kappa shape index (κ2) is 6.70. The third kappa shape index (κ3) is 3.23. The topological polar surface area (TPSA) is 46.9 Å². The van der Waals surface area contributed by atoms with Gasteiger partial charge in [-0.1, -0.05) is 72.2 Å². The Kier molecular flexibility index (Phi) is 4.24. The van der Waals surface area contributed by atoms with Crippen LogP contribution in [0.4, 0.5) is 5.82 Å². The lowest BCUT2D eigenvalue weighted by Gasteiger charge is -2.38. The molecular formula is C24H22BrN3O. The van der Waals surface area contributed by atoms with E-state index < -0.39 is 0 Å². The van der Waals surface area contributed by atoms with Crippen LogP contribution >= 0.6 is 15.9 Å². The molecule has 3 aromatic rings. The molecule has 29 heavy (non-hydrogen) atoms. The van der Waals surface area contributed by atoms with Gasteiger partial charge in [0.25, 0.3) is 0 Å². The molecule has 146 valence electrons. The van der Waals surface area contributed by atoms with Crippen molar-refractivity contribution in [2.45, 2.75) is 32.7 Å². The van der Waals surface area contributed by atoms with Crippen LogP contribution in [0.2, 0.25) is 0 Å². The number of allylic oxidation sites excluding steroid dienone is 2. The van der Waals surface area contributed by atoms with E-state index in [2.05, 4.69) is 65.4 Å². The monoisotopic (exact) mass is 447 g/mol. The molecule has 2 heterocycles. The van der Waals surface area contributed by atoms with Gasteiger partial charge in [0.1, 0.15) is 11.9 Å². The summed E-state index contributed by atoms with van der Waals surface area (Å²) in [5, 5.41) is 8.46. The van der Waals surface area contributed by atoms with Crippen molar-refractivity contribution >= 4 is 27.5 Å². The summed E-state index contributed by atoms with van der Waals surface area (Å²) in [5.74, 6) is 1.14. The van der Waals surface area contributed by atoms with Crippen LogP contribution in [0.25, 0.3) is 11.3 Å². The second-order valence-electron chi connectivity index (χ2n) is 8.64. The van der Waals surface area contributed by atoms with Gasteiger partial charge in [0.05, 0.1) is 5.69 Å². The van der Waals surface area contributed by atoms with Crippen LogP contribution < -0.4 is 5.32 Å². The van der Waals surface area contributed by atoms with Crippen molar-refractivity contribution in [1.29, 1.82) is 0 Å². The Morgan fingerprint density at radius 2 is 1.79 bits per heavy atom. The summed E-state index contributed by atoms with van der Waals surface area (Å²) < 4.78 is 2.99. The minimum atomic E-state index is -0.213. The van der Waals surface area contributed by atoms with Crippen molar-refractivity contribution in [3.8, 4) is 11.3 Å². The third-order valence-electron chi connectivity index (χ3n) is 5.71. The quantitative estimate of drug-likeness (QED) is 0.526. The van der Waals surface area contributed by atoms with Gasteiger partial charge in [-0.05, 0) is 29.5 Å². The highest BCUT2D eigenvalue weighted by molar-refractivity contribution is 9.10. The Bertz CT molecular complexity index is 1130. The van der Waals surface area contributed by atoms with E-state index >= 15 is 0 Å². The first-order valence-electron chi connectivity index (χ1n) is 9.85. The van der Waals surface area contributed by atoms with Gasteiger partial charge in [-0.2, -0.15) is 5.10 Å². The fourth-order valence-corrected chi connectivity index (χ4v) is 4.69. The lowest BCUT2D eigenvalue weighted by molar-refractivity contribution is -0.118. The zero-order valence-corrected chi connectivity index (χ0v) is 18.0. The van der Waals surface area contributed by atoms with Gasteiger partial charge in [0.15, 0.2) is 5.78 Å². The second-order valence-corrected chi connectivity index (χ2v) is 9.55. The number of halogens is 1. The Morgan fingerprint density at radius 1 is 1.07 bits per heavy atom. The number of hydrogen-bond donors (Lipinski definition) is 1. The molecule has 1 atom stereocenters. The Balaban J connectivity index is 1.69. The first kappa shape index (κ1) is 18.4. The molecule has 1 aliphatic heterocycles. The molecule has 5 heteroatoms. The summed E-state index contributed by atoms with van der Waals surface area (Å²) in [4.78, 5) is 13.2. The molecule has 0 saturated heterocycles. The van der Waals surface area contributed by atoms with Gasteiger partial charge in [-0.25, -0.2) is 4.68 Å². The van der Waals surface area contributed by atoms with Gasteiger partial charge >= 0.3 is 0 Å². The number of aromatic nitrogens is 2. The molecule has 1 N–H and O–H groups in total. The summed E-state index contributed by atoms with van der Waals surface area (Å²) in [6.45, 7) is 4.32. The molecule has 5 rings (SSSR count). The van der Waals surface area contributed by atoms with Gasteiger partial charge in [0, 0.05) is 33.8 Å². The van der Waals surface area contributed by atoms with Crippen LogP contribution in [-0.2, 0) is 4.79 Å². The maximum Gasteiger partial charge on any atom is 0.163 e. The summed E-state index contributed by atoms with van der Waals surface area (Å²) in [7, 11) is 0. The molecule has 0 spiro atoms. The number of hydrogen-bond acceptors (Lipinski definition) is 3. The minimum Gasteiger partial charge on any atom is -0.343 e. The number of fused-ring (bicyclic) bond motifs is 1. The van der Waals surface area contributed by atoms with E-state index in [4.69, 9.17) is 5.10 Å². The van der Waals surface area contributed by atoms with Crippen molar-refractivity contribution in [2.75, 3.05) is 5.32 Å². The number of Topliss-reactive ketones (excluding diaryl/α,β-unsaturated/α-hetero) is 1. The Hall–Kier alpha value is -2.66. The van der Waals surface area contributed by atoms with E-state index in [1.807, 2.05) is 35.0 Å². The molecule has 2 aromatic carbocycles. The van der Waals surface area contributed by atoms with Gasteiger partial charge in [-0.3, -0.25) is 4.79 Å². The van der Waals surface area contributed by atoms with Crippen molar-refractivity contribution in [3.63, 3.8) is 0 Å². The molecule has 4 nitrogen and oxygen atoms in total. The Morgan fingerprint density at radius 3 is 2.52 bits per heavy atom. The van der Waals surface area contributed by atoms with Crippen molar-refractivity contribution in [3.05, 3.63) is 82.0 Å². The molecule has 0 saturated carbocycles. The van der Waals surface area contributed by atoms with Gasteiger partial charge in [0.2, 0.25) is 0 Å². The number of rotatable bonds is 2. The van der Waals surface area contributed by atoms with Crippen LogP contribution in [0.5, 0.6) is 0 Å². The molecule has 1 aromatic heterocycles. The first-order chi connectivity index (χ1) is 13.9. The first-order valence-corrected chi connectivity index (χ1v) is 10.6. The predicted molar refractivity (Wildman–Crippen MR) is 119 cm³/mol. The lowest BCUT2D eigenvalue weighted by Crippen LogP contribution is -2.36. The standard InChI is InChI=1S/C24H22BrN3O/c1-24(2)13-19-22(20(29)14-24)23(16-8-10-17(25)11-9-16)28-21(26-19)12-18(27-28)15-6-4-3-5-7-15/h3-12,23,26H,13-14H2,1-2H3/t23-/m0/s1. The van der Waals surface area contributed by atoms with Gasteiger partial charge in [-0.15, -0.1) is 0 Å². The van der Waals surface area contributed by atoms with Crippen molar-refractivity contribution in [1.82, 2.24) is 9.78 Å². The normalized spacial score (nSPS) is 20.1. The molecule has 0 radical (unpaired) electrons. The number of nitrogens with zero attached hydrogens (tertiary/aromatic N) is 2. The summed E-state index contributed by atoms with van der Waals surface area (Å²) >= 11 is 3.52. The maximum absolute atomic E-state index is 13.2. The number of carbonyl (C=O) groups excluding carboxylic acids is 1. The highest BCUT2D eigenvalue weighted by Crippen LogP contribution is 2.46. The van der Waals surface area contributed by atoms with E-state index in [1.165, 1.54) is 0 Å². The molecule has 0 fully saturated rings. The lowest BCUT2D eigenvalue weighted by atomic mass is 9.73. The van der Waals surface area contributed by atoms with Crippen molar-refractivity contribution < 1.29 is 4.79 Å². The molecule has 2 aliphatic rings. The average Bonchev–Trinajstić information content (AvgIpc) is 3.10. The Labute approximate surface area is 178 Å². The number of nitrogens with one attached hydrogen (secondary N) is 1. The smallest absolute Gasteiger partial charge is 0.163 e. The zero-order valence-electron chi connectivity index (χ0n) is 16.4. The van der Waals surface area contributed by atoms with Crippen LogP contribution in [0.1, 0.15) is 38.3 Å². The largest absolute Gasteiger partial charge is 0.343 e. The van der Waals surface area contributed by atoms with E-state index in [9.17, 15) is 4.79 Å².